The fourth-order valence-electron chi connectivity index (χ4n) is 2.27. The summed E-state index contributed by atoms with van der Waals surface area (Å²) >= 11 is 0. The van der Waals surface area contributed by atoms with Crippen molar-refractivity contribution in [1.29, 1.82) is 0 Å². The summed E-state index contributed by atoms with van der Waals surface area (Å²) in [7, 11) is -3.70. The molecule has 1 aliphatic heterocycles. The first-order chi connectivity index (χ1) is 9.35. The number of hydrogen-bond acceptors (Lipinski definition) is 5. The molecule has 0 bridgehead atoms. The van der Waals surface area contributed by atoms with E-state index in [9.17, 15) is 13.2 Å². The van der Waals surface area contributed by atoms with Crippen LogP contribution in [0, 0.1) is 5.92 Å². The van der Waals surface area contributed by atoms with Gasteiger partial charge in [-0.15, -0.1) is 0 Å². The van der Waals surface area contributed by atoms with Crippen molar-refractivity contribution in [3.05, 3.63) is 11.8 Å². The van der Waals surface area contributed by atoms with Gasteiger partial charge in [-0.05, 0) is 18.8 Å². The van der Waals surface area contributed by atoms with Crippen molar-refractivity contribution >= 4 is 21.9 Å². The molecule has 0 aliphatic carbocycles. The maximum atomic E-state index is 12.2. The zero-order chi connectivity index (χ0) is 14.8. The molecule has 1 saturated heterocycles. The number of nitrogens with two attached hydrogens (primary N) is 2. The number of carbonyl (C=O) groups excluding carboxylic acids is 1. The summed E-state index contributed by atoms with van der Waals surface area (Å²) in [5.74, 6) is 0.124. The molecule has 1 aromatic heterocycles. The Morgan fingerprint density at radius 3 is 2.95 bits per heavy atom. The summed E-state index contributed by atoms with van der Waals surface area (Å²) in [5.41, 5.74) is 5.80. The van der Waals surface area contributed by atoms with E-state index < -0.39 is 10.2 Å². The normalized spacial score (nSPS) is 20.1. The SMILES string of the molecule is Nc1cc(C(=O)N2CCCC(CNS(N)(=O)=O)C2)[nH]n1. The molecule has 112 valence electrons. The lowest BCUT2D eigenvalue weighted by molar-refractivity contribution is 0.0670. The second kappa shape index (κ2) is 5.77. The monoisotopic (exact) mass is 302 g/mol. The van der Waals surface area contributed by atoms with E-state index in [2.05, 4.69) is 14.9 Å². The summed E-state index contributed by atoms with van der Waals surface area (Å²) < 4.78 is 24.0. The second-order valence-corrected chi connectivity index (χ2v) is 6.24. The number of carbonyl (C=O) groups is 1. The third-order valence-corrected chi connectivity index (χ3v) is 3.78. The van der Waals surface area contributed by atoms with Gasteiger partial charge in [0.05, 0.1) is 0 Å². The highest BCUT2D eigenvalue weighted by molar-refractivity contribution is 7.87. The van der Waals surface area contributed by atoms with Gasteiger partial charge in [0.1, 0.15) is 11.5 Å². The molecule has 1 aromatic rings. The van der Waals surface area contributed by atoms with Gasteiger partial charge >= 0.3 is 0 Å². The van der Waals surface area contributed by atoms with Crippen LogP contribution in [0.25, 0.3) is 0 Å². The maximum Gasteiger partial charge on any atom is 0.274 e. The molecule has 0 radical (unpaired) electrons. The van der Waals surface area contributed by atoms with Crippen molar-refractivity contribution in [3.63, 3.8) is 0 Å². The lowest BCUT2D eigenvalue weighted by atomic mass is 9.98. The minimum atomic E-state index is -3.70. The molecule has 6 N–H and O–H groups in total. The number of H-pyrrole nitrogens is 1. The lowest BCUT2D eigenvalue weighted by Gasteiger charge is -2.32. The first-order valence-electron chi connectivity index (χ1n) is 6.22. The Morgan fingerprint density at radius 2 is 2.35 bits per heavy atom. The Morgan fingerprint density at radius 1 is 1.60 bits per heavy atom. The van der Waals surface area contributed by atoms with Crippen LogP contribution in [0.15, 0.2) is 6.07 Å². The first kappa shape index (κ1) is 14.8. The number of amides is 1. The molecule has 10 heteroatoms. The summed E-state index contributed by atoms with van der Waals surface area (Å²) in [6.45, 7) is 1.33. The molecule has 20 heavy (non-hydrogen) atoms. The number of aromatic amines is 1. The minimum absolute atomic E-state index is 0.0475. The molecule has 2 rings (SSSR count). The van der Waals surface area contributed by atoms with Crippen LogP contribution in [-0.2, 0) is 10.2 Å². The molecule has 0 saturated carbocycles. The molecule has 2 heterocycles. The van der Waals surface area contributed by atoms with Crippen molar-refractivity contribution in [1.82, 2.24) is 19.8 Å². The Labute approximate surface area is 116 Å². The number of nitrogens with zero attached hydrogens (tertiary/aromatic N) is 2. The van der Waals surface area contributed by atoms with Crippen LogP contribution in [0.5, 0.6) is 0 Å². The van der Waals surface area contributed by atoms with Crippen LogP contribution in [0.3, 0.4) is 0 Å². The van der Waals surface area contributed by atoms with Crippen LogP contribution >= 0.6 is 0 Å². The van der Waals surface area contributed by atoms with Gasteiger partial charge in [-0.25, -0.2) is 9.86 Å². The molecule has 1 unspecified atom stereocenters. The summed E-state index contributed by atoms with van der Waals surface area (Å²) in [6, 6.07) is 1.48. The van der Waals surface area contributed by atoms with Gasteiger partial charge in [0, 0.05) is 25.7 Å². The number of rotatable bonds is 4. The number of aromatic nitrogens is 2. The molecule has 1 fully saturated rings. The minimum Gasteiger partial charge on any atom is -0.382 e. The van der Waals surface area contributed by atoms with Gasteiger partial charge in [0.15, 0.2) is 0 Å². The zero-order valence-corrected chi connectivity index (χ0v) is 11.7. The van der Waals surface area contributed by atoms with Gasteiger partial charge in [-0.1, -0.05) is 0 Å². The van der Waals surface area contributed by atoms with Crippen LogP contribution in [-0.4, -0.2) is 49.1 Å². The Kier molecular flexibility index (Phi) is 4.26. The number of likely N-dealkylation sites (tertiary alicyclic amines) is 1. The van der Waals surface area contributed by atoms with Crippen LogP contribution in [0.1, 0.15) is 23.3 Å². The highest BCUT2D eigenvalue weighted by atomic mass is 32.2. The molecular formula is C10H18N6O3S. The van der Waals surface area contributed by atoms with Crippen molar-refractivity contribution in [2.45, 2.75) is 12.8 Å². The average Bonchev–Trinajstić information content (AvgIpc) is 2.82. The standard InChI is InChI=1S/C10H18N6O3S/c11-9-4-8(14-15-9)10(17)16-3-1-2-7(6-16)5-13-20(12,18)19/h4,7,13H,1-3,5-6H2,(H3,11,14,15)(H2,12,18,19). The van der Waals surface area contributed by atoms with Gasteiger partial charge in [0.25, 0.3) is 16.1 Å². The predicted molar refractivity (Wildman–Crippen MR) is 72.7 cm³/mol. The molecule has 1 amide bonds. The van der Waals surface area contributed by atoms with Crippen molar-refractivity contribution in [2.75, 3.05) is 25.4 Å². The van der Waals surface area contributed by atoms with E-state index in [1.807, 2.05) is 0 Å². The maximum absolute atomic E-state index is 12.2. The number of nitrogens with one attached hydrogen (secondary N) is 2. The second-order valence-electron chi connectivity index (χ2n) is 4.86. The van der Waals surface area contributed by atoms with Crippen LogP contribution in [0.2, 0.25) is 0 Å². The lowest BCUT2D eigenvalue weighted by Crippen LogP contribution is -2.44. The Bertz CT molecular complexity index is 584. The largest absolute Gasteiger partial charge is 0.382 e. The summed E-state index contributed by atoms with van der Waals surface area (Å²) in [5, 5.41) is 11.2. The van der Waals surface area contributed by atoms with Gasteiger partial charge < -0.3 is 10.6 Å². The average molecular weight is 302 g/mol. The number of nitrogen functional groups attached to an aromatic ring is 1. The van der Waals surface area contributed by atoms with Crippen molar-refractivity contribution in [2.24, 2.45) is 11.1 Å². The van der Waals surface area contributed by atoms with Crippen molar-refractivity contribution < 1.29 is 13.2 Å². The first-order valence-corrected chi connectivity index (χ1v) is 7.77. The van der Waals surface area contributed by atoms with Crippen LogP contribution < -0.4 is 15.6 Å². The molecule has 1 atom stereocenters. The van der Waals surface area contributed by atoms with E-state index in [1.165, 1.54) is 6.07 Å². The molecule has 1 aliphatic rings. The van der Waals surface area contributed by atoms with E-state index in [0.717, 1.165) is 12.8 Å². The molecule has 0 aromatic carbocycles. The van der Waals surface area contributed by atoms with Gasteiger partial charge in [-0.3, -0.25) is 9.89 Å². The molecular weight excluding hydrogens is 284 g/mol. The molecule has 0 spiro atoms. The third-order valence-electron chi connectivity index (χ3n) is 3.21. The Hall–Kier alpha value is -1.65. The zero-order valence-electron chi connectivity index (χ0n) is 10.9. The van der Waals surface area contributed by atoms with Gasteiger partial charge in [0.2, 0.25) is 0 Å². The van der Waals surface area contributed by atoms with Crippen LogP contribution in [0.4, 0.5) is 5.82 Å². The van der Waals surface area contributed by atoms with E-state index in [0.29, 0.717) is 18.8 Å². The molecule has 9 nitrogen and oxygen atoms in total. The fraction of sp³-hybridized carbons (Fsp3) is 0.600. The number of hydrogen-bond donors (Lipinski definition) is 4. The topological polar surface area (TPSA) is 147 Å². The van der Waals surface area contributed by atoms with E-state index in [1.54, 1.807) is 4.90 Å². The predicted octanol–water partition coefficient (Wildman–Crippen LogP) is -1.36. The quantitative estimate of drug-likeness (QED) is 0.542. The third kappa shape index (κ3) is 3.92. The Balaban J connectivity index is 1.94. The number of anilines is 1. The number of piperidine rings is 1. The van der Waals surface area contributed by atoms with Gasteiger partial charge in [-0.2, -0.15) is 13.5 Å². The van der Waals surface area contributed by atoms with E-state index in [4.69, 9.17) is 10.9 Å². The highest BCUT2D eigenvalue weighted by Gasteiger charge is 2.26. The smallest absolute Gasteiger partial charge is 0.274 e. The van der Waals surface area contributed by atoms with E-state index in [-0.39, 0.29) is 24.2 Å². The summed E-state index contributed by atoms with van der Waals surface area (Å²) in [4.78, 5) is 13.9. The van der Waals surface area contributed by atoms with Crippen molar-refractivity contribution in [3.8, 4) is 0 Å². The highest BCUT2D eigenvalue weighted by Crippen LogP contribution is 2.18. The summed E-state index contributed by atoms with van der Waals surface area (Å²) in [6.07, 6.45) is 1.66. The van der Waals surface area contributed by atoms with E-state index >= 15 is 0 Å². The fourth-order valence-corrected chi connectivity index (χ4v) is 2.74.